The molecule has 1 fully saturated rings. The van der Waals surface area contributed by atoms with Crippen LogP contribution in [0.5, 0.6) is 0 Å². The van der Waals surface area contributed by atoms with E-state index >= 15 is 0 Å². The molecule has 1 amide bonds. The van der Waals surface area contributed by atoms with Crippen LogP contribution < -0.4 is 16.4 Å². The molecule has 164 valence electrons. The number of guanidine groups is 1. The summed E-state index contributed by atoms with van der Waals surface area (Å²) in [6, 6.07) is 0. The zero-order valence-corrected chi connectivity index (χ0v) is 17.4. The van der Waals surface area contributed by atoms with E-state index in [2.05, 4.69) is 25.5 Å². The van der Waals surface area contributed by atoms with E-state index in [9.17, 15) is 18.0 Å². The normalized spacial score (nSPS) is 16.8. The quantitative estimate of drug-likeness (QED) is 0.315. The van der Waals surface area contributed by atoms with Crippen LogP contribution in [0, 0.1) is 5.92 Å². The molecule has 0 aromatic carbocycles. The number of nitrogens with zero attached hydrogens (tertiary/aromatic N) is 3. The number of alkyl halides is 3. The van der Waals surface area contributed by atoms with Gasteiger partial charge >= 0.3 is 6.18 Å². The first-order valence-corrected chi connectivity index (χ1v) is 10.7. The van der Waals surface area contributed by atoms with Crippen molar-refractivity contribution in [3.8, 4) is 0 Å². The molecule has 1 aliphatic heterocycles. The predicted molar refractivity (Wildman–Crippen MR) is 108 cm³/mol. The summed E-state index contributed by atoms with van der Waals surface area (Å²) < 4.78 is 37.8. The van der Waals surface area contributed by atoms with Crippen molar-refractivity contribution in [3.63, 3.8) is 0 Å². The van der Waals surface area contributed by atoms with E-state index in [0.717, 1.165) is 68.6 Å². The van der Waals surface area contributed by atoms with E-state index < -0.39 is 11.9 Å². The van der Waals surface area contributed by atoms with Crippen LogP contribution in [0.3, 0.4) is 0 Å². The highest BCUT2D eigenvalue weighted by Crippen LogP contribution is 2.30. The second-order valence-corrected chi connectivity index (χ2v) is 7.91. The smallest absolute Gasteiger partial charge is 0.369 e. The van der Waals surface area contributed by atoms with Crippen molar-refractivity contribution in [1.82, 2.24) is 20.5 Å². The monoisotopic (exact) mass is 434 g/mol. The van der Waals surface area contributed by atoms with Crippen LogP contribution in [0.1, 0.15) is 43.3 Å². The predicted octanol–water partition coefficient (Wildman–Crippen LogP) is 2.19. The summed E-state index contributed by atoms with van der Waals surface area (Å²) in [7, 11) is 0. The maximum Gasteiger partial charge on any atom is 0.434 e. The van der Waals surface area contributed by atoms with Crippen molar-refractivity contribution < 1.29 is 18.0 Å². The number of hydrogen-bond acceptors (Lipinski definition) is 5. The lowest BCUT2D eigenvalue weighted by Crippen LogP contribution is -2.39. The number of aromatic nitrogens is 1. The third-order valence-electron chi connectivity index (χ3n) is 4.74. The molecule has 1 aromatic rings. The number of piperidine rings is 1. The number of thiazole rings is 1. The zero-order valence-electron chi connectivity index (χ0n) is 16.6. The first-order valence-electron chi connectivity index (χ1n) is 9.85. The average Bonchev–Trinajstić information content (AvgIpc) is 3.15. The van der Waals surface area contributed by atoms with Gasteiger partial charge in [0.05, 0.1) is 6.54 Å². The molecule has 2 rings (SSSR count). The summed E-state index contributed by atoms with van der Waals surface area (Å²) in [4.78, 5) is 21.4. The van der Waals surface area contributed by atoms with Crippen molar-refractivity contribution in [2.24, 2.45) is 16.6 Å². The number of aliphatic imine (C=N–C) groups is 1. The maximum atomic E-state index is 12.6. The van der Waals surface area contributed by atoms with Crippen LogP contribution >= 0.6 is 11.3 Å². The van der Waals surface area contributed by atoms with Gasteiger partial charge in [0.1, 0.15) is 5.01 Å². The summed E-state index contributed by atoms with van der Waals surface area (Å²) in [5, 5.41) is 7.63. The largest absolute Gasteiger partial charge is 0.434 e. The molecule has 0 atom stereocenters. The van der Waals surface area contributed by atoms with Gasteiger partial charge in [-0.3, -0.25) is 4.79 Å². The van der Waals surface area contributed by atoms with Gasteiger partial charge in [-0.25, -0.2) is 9.98 Å². The Labute approximate surface area is 173 Å². The van der Waals surface area contributed by atoms with Crippen molar-refractivity contribution in [2.75, 3.05) is 32.7 Å². The topological polar surface area (TPSA) is 95.6 Å². The highest BCUT2D eigenvalue weighted by molar-refractivity contribution is 7.09. The highest BCUT2D eigenvalue weighted by atomic mass is 32.1. The van der Waals surface area contributed by atoms with Crippen LogP contribution in [-0.4, -0.2) is 54.5 Å². The maximum absolute atomic E-state index is 12.6. The molecule has 7 nitrogen and oxygen atoms in total. The van der Waals surface area contributed by atoms with Crippen molar-refractivity contribution in [2.45, 2.75) is 45.3 Å². The summed E-state index contributed by atoms with van der Waals surface area (Å²) in [5.74, 6) is 0.381. The molecule has 1 aromatic heterocycles. The number of carbonyl (C=O) groups excluding carboxylic acids is 1. The summed E-state index contributed by atoms with van der Waals surface area (Å²) >= 11 is 0.958. The minimum atomic E-state index is -4.42. The van der Waals surface area contributed by atoms with Crippen LogP contribution in [0.4, 0.5) is 13.2 Å². The van der Waals surface area contributed by atoms with Gasteiger partial charge in [0.2, 0.25) is 5.91 Å². The number of nitrogens with one attached hydrogen (secondary N) is 2. The number of unbranched alkanes of at least 4 members (excludes halogenated alkanes) is 1. The van der Waals surface area contributed by atoms with Gasteiger partial charge in [-0.1, -0.05) is 0 Å². The highest BCUT2D eigenvalue weighted by Gasteiger charge is 2.33. The van der Waals surface area contributed by atoms with E-state index in [4.69, 9.17) is 5.73 Å². The molecule has 1 aliphatic rings. The molecule has 29 heavy (non-hydrogen) atoms. The Hall–Kier alpha value is -1.88. The molecular formula is C18H29F3N6OS. The molecule has 0 unspecified atom stereocenters. The fourth-order valence-corrected chi connectivity index (χ4v) is 3.83. The minimum Gasteiger partial charge on any atom is -0.369 e. The molecule has 0 bridgehead atoms. The molecule has 0 radical (unpaired) electrons. The van der Waals surface area contributed by atoms with Crippen molar-refractivity contribution in [3.05, 3.63) is 16.1 Å². The lowest BCUT2D eigenvalue weighted by molar-refractivity contribution is -0.140. The number of nitrogens with two attached hydrogens (primary N) is 1. The summed E-state index contributed by atoms with van der Waals surface area (Å²) in [6.07, 6.45) is -0.809. The van der Waals surface area contributed by atoms with Crippen molar-refractivity contribution >= 4 is 23.2 Å². The second-order valence-electron chi connectivity index (χ2n) is 6.97. The van der Waals surface area contributed by atoms with Gasteiger partial charge in [-0.05, 0) is 52.2 Å². The molecule has 0 spiro atoms. The second kappa shape index (κ2) is 11.3. The van der Waals surface area contributed by atoms with Gasteiger partial charge in [0.15, 0.2) is 11.7 Å². The van der Waals surface area contributed by atoms with Crippen LogP contribution in [0.25, 0.3) is 0 Å². The summed E-state index contributed by atoms with van der Waals surface area (Å²) in [6.45, 7) is 6.18. The molecule has 0 saturated carbocycles. The van der Waals surface area contributed by atoms with Gasteiger partial charge in [-0.15, -0.1) is 11.3 Å². The lowest BCUT2D eigenvalue weighted by Gasteiger charge is -2.30. The molecule has 11 heteroatoms. The Kier molecular flexibility index (Phi) is 9.15. The standard InChI is InChI=1S/C18H29F3N6OS/c1-2-23-17(25-11-15-26-14(12-29-15)18(19,20)21)24-7-3-4-8-27-9-5-13(6-10-27)16(22)28/h12-13H,2-11H2,1H3,(H2,22,28)(H2,23,24,25). The van der Waals surface area contributed by atoms with E-state index in [0.29, 0.717) is 17.5 Å². The average molecular weight is 435 g/mol. The molecule has 4 N–H and O–H groups in total. The van der Waals surface area contributed by atoms with Gasteiger partial charge < -0.3 is 21.3 Å². The van der Waals surface area contributed by atoms with E-state index in [1.54, 1.807) is 0 Å². The Balaban J connectivity index is 1.68. The Morgan fingerprint density at radius 1 is 1.34 bits per heavy atom. The molecular weight excluding hydrogens is 405 g/mol. The molecule has 2 heterocycles. The SMILES string of the molecule is CCNC(=NCc1nc(C(F)(F)F)cs1)NCCCCN1CCC(C(N)=O)CC1. The van der Waals surface area contributed by atoms with E-state index in [1.807, 2.05) is 6.92 Å². The van der Waals surface area contributed by atoms with E-state index in [1.165, 1.54) is 0 Å². The minimum absolute atomic E-state index is 0.0110. The number of hydrogen-bond donors (Lipinski definition) is 3. The Morgan fingerprint density at radius 2 is 2.07 bits per heavy atom. The van der Waals surface area contributed by atoms with Crippen molar-refractivity contribution in [1.29, 1.82) is 0 Å². The Morgan fingerprint density at radius 3 is 2.66 bits per heavy atom. The summed E-state index contributed by atoms with van der Waals surface area (Å²) in [5.41, 5.74) is 4.48. The lowest BCUT2D eigenvalue weighted by atomic mass is 9.96. The number of likely N-dealkylation sites (tertiary alicyclic amines) is 1. The third kappa shape index (κ3) is 8.17. The van der Waals surface area contributed by atoms with Gasteiger partial charge in [-0.2, -0.15) is 13.2 Å². The number of amides is 1. The Bertz CT molecular complexity index is 671. The van der Waals surface area contributed by atoms with Gasteiger partial charge in [0, 0.05) is 24.4 Å². The van der Waals surface area contributed by atoms with Crippen LogP contribution in [0.15, 0.2) is 10.4 Å². The number of halogens is 3. The van der Waals surface area contributed by atoms with Gasteiger partial charge in [0.25, 0.3) is 0 Å². The third-order valence-corrected chi connectivity index (χ3v) is 5.58. The first-order chi connectivity index (χ1) is 13.8. The zero-order chi connectivity index (χ0) is 21.3. The van der Waals surface area contributed by atoms with Crippen LogP contribution in [-0.2, 0) is 17.5 Å². The fraction of sp³-hybridized carbons (Fsp3) is 0.722. The fourth-order valence-electron chi connectivity index (χ4n) is 3.11. The molecule has 1 saturated heterocycles. The number of rotatable bonds is 9. The van der Waals surface area contributed by atoms with E-state index in [-0.39, 0.29) is 18.4 Å². The molecule has 0 aliphatic carbocycles. The van der Waals surface area contributed by atoms with Crippen LogP contribution in [0.2, 0.25) is 0 Å². The number of primary amides is 1. The number of carbonyl (C=O) groups is 1. The first kappa shape index (κ1) is 23.4.